The van der Waals surface area contributed by atoms with Crippen molar-refractivity contribution in [3.63, 3.8) is 0 Å². The summed E-state index contributed by atoms with van der Waals surface area (Å²) in [7, 11) is 0. The van der Waals surface area contributed by atoms with E-state index >= 15 is 0 Å². The molecule has 4 aromatic rings. The van der Waals surface area contributed by atoms with Gasteiger partial charge < -0.3 is 4.42 Å². The van der Waals surface area contributed by atoms with Gasteiger partial charge in [-0.1, -0.05) is 29.5 Å². The van der Waals surface area contributed by atoms with Gasteiger partial charge in [0, 0.05) is 19.3 Å². The summed E-state index contributed by atoms with van der Waals surface area (Å²) in [5, 5.41) is 8.57. The van der Waals surface area contributed by atoms with Crippen LogP contribution in [0.2, 0.25) is 0 Å². The van der Waals surface area contributed by atoms with Gasteiger partial charge in [0.1, 0.15) is 5.76 Å². The van der Waals surface area contributed by atoms with Crippen LogP contribution in [-0.2, 0) is 19.6 Å². The van der Waals surface area contributed by atoms with Crippen molar-refractivity contribution in [2.24, 2.45) is 0 Å². The van der Waals surface area contributed by atoms with Gasteiger partial charge in [0.25, 0.3) is 0 Å². The molecule has 0 radical (unpaired) electrons. The Kier molecular flexibility index (Phi) is 4.84. The van der Waals surface area contributed by atoms with Crippen molar-refractivity contribution in [1.29, 1.82) is 0 Å². The zero-order valence-electron chi connectivity index (χ0n) is 14.3. The Hall–Kier alpha value is -3.25. The molecule has 4 rings (SSSR count). The van der Waals surface area contributed by atoms with Gasteiger partial charge >= 0.3 is 0 Å². The molecule has 0 saturated carbocycles. The minimum atomic E-state index is 0.657. The molecule has 3 aromatic heterocycles. The number of hydrogen-bond donors (Lipinski definition) is 0. The lowest BCUT2D eigenvalue weighted by atomic mass is 10.3. The number of aromatic nitrogens is 4. The number of benzene rings is 1. The highest BCUT2D eigenvalue weighted by Crippen LogP contribution is 2.13. The SMILES string of the molecule is c1ccc(-n2cc(CN(Cc3ccccn3)Cc3ccco3)nn2)cc1. The summed E-state index contributed by atoms with van der Waals surface area (Å²) < 4.78 is 7.30. The molecule has 3 heterocycles. The largest absolute Gasteiger partial charge is 0.468 e. The molecule has 0 N–H and O–H groups in total. The molecule has 26 heavy (non-hydrogen) atoms. The van der Waals surface area contributed by atoms with Crippen molar-refractivity contribution in [2.75, 3.05) is 0 Å². The summed E-state index contributed by atoms with van der Waals surface area (Å²) in [4.78, 5) is 6.67. The van der Waals surface area contributed by atoms with Gasteiger partial charge in [0.15, 0.2) is 0 Å². The molecule has 0 aliphatic carbocycles. The molecule has 0 aliphatic rings. The number of rotatable bonds is 7. The summed E-state index contributed by atoms with van der Waals surface area (Å²) >= 11 is 0. The van der Waals surface area contributed by atoms with Crippen molar-refractivity contribution in [1.82, 2.24) is 24.9 Å². The molecular formula is C20H19N5O. The topological polar surface area (TPSA) is 60.0 Å². The van der Waals surface area contributed by atoms with Crippen LogP contribution in [0.1, 0.15) is 17.1 Å². The van der Waals surface area contributed by atoms with E-state index in [1.807, 2.05) is 73.1 Å². The number of hydrogen-bond acceptors (Lipinski definition) is 5. The van der Waals surface area contributed by atoms with Crippen molar-refractivity contribution in [3.8, 4) is 5.69 Å². The lowest BCUT2D eigenvalue weighted by Gasteiger charge is -2.19. The zero-order chi connectivity index (χ0) is 17.6. The standard InChI is InChI=1S/C20H19N5O/c1-2-8-19(9-3-1)25-15-18(22-23-25)14-24(16-20-10-6-12-26-20)13-17-7-4-5-11-21-17/h1-12,15H,13-14,16H2. The van der Waals surface area contributed by atoms with Gasteiger partial charge in [-0.05, 0) is 36.4 Å². The smallest absolute Gasteiger partial charge is 0.117 e. The molecule has 0 aliphatic heterocycles. The average Bonchev–Trinajstić information content (AvgIpc) is 3.35. The monoisotopic (exact) mass is 345 g/mol. The second-order valence-corrected chi connectivity index (χ2v) is 6.04. The minimum Gasteiger partial charge on any atom is -0.468 e. The molecule has 0 unspecified atom stereocenters. The Morgan fingerprint density at radius 1 is 0.846 bits per heavy atom. The molecule has 130 valence electrons. The maximum atomic E-state index is 5.51. The van der Waals surface area contributed by atoms with Crippen molar-refractivity contribution in [3.05, 3.63) is 96.5 Å². The second-order valence-electron chi connectivity index (χ2n) is 6.04. The van der Waals surface area contributed by atoms with Crippen molar-refractivity contribution in [2.45, 2.75) is 19.6 Å². The first-order chi connectivity index (χ1) is 12.9. The van der Waals surface area contributed by atoms with E-state index in [-0.39, 0.29) is 0 Å². The number of para-hydroxylation sites is 1. The molecule has 0 fully saturated rings. The Labute approximate surface area is 151 Å². The van der Waals surface area contributed by atoms with Crippen molar-refractivity contribution >= 4 is 0 Å². The summed E-state index contributed by atoms with van der Waals surface area (Å²) in [6, 6.07) is 19.8. The predicted octanol–water partition coefficient (Wildman–Crippen LogP) is 3.46. The fourth-order valence-corrected chi connectivity index (χ4v) is 2.82. The van der Waals surface area contributed by atoms with Gasteiger partial charge in [-0.15, -0.1) is 5.10 Å². The van der Waals surface area contributed by atoms with Gasteiger partial charge in [0.2, 0.25) is 0 Å². The van der Waals surface area contributed by atoms with Crippen LogP contribution in [-0.4, -0.2) is 24.9 Å². The third-order valence-corrected chi connectivity index (χ3v) is 4.02. The van der Waals surface area contributed by atoms with Crippen LogP contribution in [0, 0.1) is 0 Å². The molecule has 0 bridgehead atoms. The maximum absolute atomic E-state index is 5.51. The highest BCUT2D eigenvalue weighted by molar-refractivity contribution is 5.29. The van der Waals surface area contributed by atoms with Gasteiger partial charge in [-0.25, -0.2) is 4.68 Å². The van der Waals surface area contributed by atoms with Gasteiger partial charge in [0.05, 0.1) is 36.1 Å². The van der Waals surface area contributed by atoms with E-state index in [0.717, 1.165) is 22.8 Å². The highest BCUT2D eigenvalue weighted by Gasteiger charge is 2.13. The Bertz CT molecular complexity index is 919. The van der Waals surface area contributed by atoms with Crippen molar-refractivity contribution < 1.29 is 4.42 Å². The lowest BCUT2D eigenvalue weighted by Crippen LogP contribution is -2.23. The molecule has 0 saturated heterocycles. The van der Waals surface area contributed by atoms with Crippen LogP contribution < -0.4 is 0 Å². The molecule has 0 atom stereocenters. The molecule has 6 heteroatoms. The molecule has 0 spiro atoms. The minimum absolute atomic E-state index is 0.657. The third kappa shape index (κ3) is 4.04. The van der Waals surface area contributed by atoms with E-state index in [1.54, 1.807) is 10.9 Å². The van der Waals surface area contributed by atoms with Crippen LogP contribution in [0.25, 0.3) is 5.69 Å². The number of pyridine rings is 1. The Balaban J connectivity index is 1.51. The van der Waals surface area contributed by atoms with E-state index < -0.39 is 0 Å². The van der Waals surface area contributed by atoms with Crippen LogP contribution in [0.3, 0.4) is 0 Å². The Morgan fingerprint density at radius 2 is 1.69 bits per heavy atom. The average molecular weight is 345 g/mol. The molecule has 1 aromatic carbocycles. The normalized spacial score (nSPS) is 11.1. The summed E-state index contributed by atoms with van der Waals surface area (Å²) in [6.07, 6.45) is 5.47. The van der Waals surface area contributed by atoms with Gasteiger partial charge in [-0.2, -0.15) is 0 Å². The quantitative estimate of drug-likeness (QED) is 0.513. The fraction of sp³-hybridized carbons (Fsp3) is 0.150. The van der Waals surface area contributed by atoms with E-state index in [0.29, 0.717) is 19.6 Å². The summed E-state index contributed by atoms with van der Waals surface area (Å²) in [5.41, 5.74) is 2.90. The van der Waals surface area contributed by atoms with E-state index in [2.05, 4.69) is 20.2 Å². The van der Waals surface area contributed by atoms with Crippen LogP contribution in [0.15, 0.2) is 83.7 Å². The predicted molar refractivity (Wildman–Crippen MR) is 97.3 cm³/mol. The first-order valence-electron chi connectivity index (χ1n) is 8.48. The van der Waals surface area contributed by atoms with Crippen LogP contribution in [0.5, 0.6) is 0 Å². The van der Waals surface area contributed by atoms with Gasteiger partial charge in [-0.3, -0.25) is 9.88 Å². The van der Waals surface area contributed by atoms with E-state index in [1.165, 1.54) is 0 Å². The highest BCUT2D eigenvalue weighted by atomic mass is 16.3. The molecule has 6 nitrogen and oxygen atoms in total. The first-order valence-corrected chi connectivity index (χ1v) is 8.48. The second kappa shape index (κ2) is 7.76. The molecular weight excluding hydrogens is 326 g/mol. The summed E-state index contributed by atoms with van der Waals surface area (Å²) in [6.45, 7) is 2.05. The first kappa shape index (κ1) is 16.2. The summed E-state index contributed by atoms with van der Waals surface area (Å²) in [5.74, 6) is 0.913. The Morgan fingerprint density at radius 3 is 2.46 bits per heavy atom. The van der Waals surface area contributed by atoms with Crippen LogP contribution in [0.4, 0.5) is 0 Å². The third-order valence-electron chi connectivity index (χ3n) is 4.02. The maximum Gasteiger partial charge on any atom is 0.117 e. The van der Waals surface area contributed by atoms with E-state index in [9.17, 15) is 0 Å². The number of furan rings is 1. The molecule has 0 amide bonds. The van der Waals surface area contributed by atoms with Crippen LogP contribution >= 0.6 is 0 Å². The lowest BCUT2D eigenvalue weighted by molar-refractivity contribution is 0.221. The fourth-order valence-electron chi connectivity index (χ4n) is 2.82. The number of nitrogens with zero attached hydrogens (tertiary/aromatic N) is 5. The van der Waals surface area contributed by atoms with E-state index in [4.69, 9.17) is 4.42 Å². The zero-order valence-corrected chi connectivity index (χ0v) is 14.3.